The van der Waals surface area contributed by atoms with Crippen LogP contribution in [0, 0.1) is 0 Å². The van der Waals surface area contributed by atoms with Crippen LogP contribution >= 0.6 is 0 Å². The first-order valence-corrected chi connectivity index (χ1v) is 11.4. The Morgan fingerprint density at radius 2 is 1.09 bits per heavy atom. The van der Waals surface area contributed by atoms with Gasteiger partial charge in [0.25, 0.3) is 0 Å². The van der Waals surface area contributed by atoms with Crippen molar-refractivity contribution in [2.24, 2.45) is 0 Å². The smallest absolute Gasteiger partial charge is 0.161 e. The molecular formula is C30H22N2O3. The molecule has 170 valence electrons. The van der Waals surface area contributed by atoms with Crippen molar-refractivity contribution in [3.63, 3.8) is 0 Å². The van der Waals surface area contributed by atoms with E-state index in [1.165, 1.54) is 5.39 Å². The summed E-state index contributed by atoms with van der Waals surface area (Å²) in [7, 11) is 0. The first-order valence-electron chi connectivity index (χ1n) is 11.4. The summed E-state index contributed by atoms with van der Waals surface area (Å²) in [6.07, 6.45) is 0. The fraction of sp³-hybridized carbons (Fsp3) is 0. The van der Waals surface area contributed by atoms with Gasteiger partial charge in [0.1, 0.15) is 5.34 Å². The second kappa shape index (κ2) is 9.35. The predicted molar refractivity (Wildman–Crippen MR) is 139 cm³/mol. The lowest BCUT2D eigenvalue weighted by Crippen LogP contribution is -2.45. The maximum Gasteiger partial charge on any atom is 0.161 e. The fourth-order valence-corrected chi connectivity index (χ4v) is 4.11. The molecule has 6 aromatic rings. The molecule has 0 aliphatic heterocycles. The van der Waals surface area contributed by atoms with Gasteiger partial charge in [0.2, 0.25) is 0 Å². The van der Waals surface area contributed by atoms with Crippen molar-refractivity contribution in [1.82, 2.24) is 10.9 Å². The topological polar surface area (TPSA) is 43.0 Å². The molecule has 0 saturated heterocycles. The highest BCUT2D eigenvalue weighted by Crippen LogP contribution is 2.30. The van der Waals surface area contributed by atoms with Gasteiger partial charge in [-0.25, -0.2) is 0 Å². The third-order valence-electron chi connectivity index (χ3n) is 5.80. The first kappa shape index (κ1) is 21.0. The number of hydrogen-bond acceptors (Lipinski definition) is 5. The first-order chi connectivity index (χ1) is 17.3. The third-order valence-corrected chi connectivity index (χ3v) is 5.80. The van der Waals surface area contributed by atoms with Crippen molar-refractivity contribution in [1.29, 1.82) is 0 Å². The van der Waals surface area contributed by atoms with Gasteiger partial charge in [-0.2, -0.15) is 0 Å². The molecular weight excluding hydrogens is 436 g/mol. The van der Waals surface area contributed by atoms with Crippen molar-refractivity contribution < 1.29 is 14.5 Å². The molecule has 6 aromatic carbocycles. The average Bonchev–Trinajstić information content (AvgIpc) is 2.91. The molecule has 5 nitrogen and oxygen atoms in total. The van der Waals surface area contributed by atoms with E-state index in [0.717, 1.165) is 32.3 Å². The number of hydrazine groups is 1. The van der Waals surface area contributed by atoms with E-state index in [1.54, 1.807) is 0 Å². The van der Waals surface area contributed by atoms with E-state index in [2.05, 4.69) is 35.9 Å². The lowest BCUT2D eigenvalue weighted by atomic mass is 10.0. The van der Waals surface area contributed by atoms with Crippen LogP contribution in [0.5, 0.6) is 17.2 Å². The second-order valence-corrected chi connectivity index (χ2v) is 8.10. The lowest BCUT2D eigenvalue weighted by molar-refractivity contribution is -0.335. The van der Waals surface area contributed by atoms with Crippen molar-refractivity contribution in [3.05, 3.63) is 127 Å². The highest BCUT2D eigenvalue weighted by Gasteiger charge is 2.14. The normalized spacial score (nSPS) is 11.2. The highest BCUT2D eigenvalue weighted by atomic mass is 17.0. The van der Waals surface area contributed by atoms with Gasteiger partial charge >= 0.3 is 0 Å². The quantitative estimate of drug-likeness (QED) is 0.202. The summed E-state index contributed by atoms with van der Waals surface area (Å²) in [6, 6.07) is 41.7. The van der Waals surface area contributed by atoms with E-state index in [0.29, 0.717) is 17.2 Å². The summed E-state index contributed by atoms with van der Waals surface area (Å²) < 4.78 is 0. The number of fused-ring (bicyclic) bond motifs is 3. The zero-order valence-corrected chi connectivity index (χ0v) is 18.8. The number of rotatable bonds is 7. The van der Waals surface area contributed by atoms with Gasteiger partial charge in [0, 0.05) is 10.8 Å². The molecule has 0 bridgehead atoms. The Kier molecular flexibility index (Phi) is 5.60. The number of nitrogens with one attached hydrogen (secondary N) is 1. The Morgan fingerprint density at radius 1 is 0.457 bits per heavy atom. The van der Waals surface area contributed by atoms with Crippen LogP contribution in [0.25, 0.3) is 32.3 Å². The minimum atomic E-state index is 0.591. The highest BCUT2D eigenvalue weighted by molar-refractivity contribution is 6.00. The summed E-state index contributed by atoms with van der Waals surface area (Å²) in [4.78, 5) is 18.1. The standard InChI is InChI=1S/C30H22N2O3/c1-2-15-26(16-3-1)34-32(35-30-19-8-13-22-10-6-7-17-27(22)30)31-33-29-18-9-14-25-20-23-11-4-5-12-24(23)21-28(25)29/h1-21,31H. The van der Waals surface area contributed by atoms with Crippen LogP contribution in [-0.2, 0) is 0 Å². The molecule has 0 radical (unpaired) electrons. The maximum absolute atomic E-state index is 6.11. The van der Waals surface area contributed by atoms with Crippen molar-refractivity contribution >= 4 is 32.3 Å². The van der Waals surface area contributed by atoms with Crippen LogP contribution in [0.4, 0.5) is 0 Å². The molecule has 0 aliphatic rings. The van der Waals surface area contributed by atoms with E-state index in [4.69, 9.17) is 14.5 Å². The van der Waals surface area contributed by atoms with E-state index in [9.17, 15) is 0 Å². The minimum Gasteiger partial charge on any atom is -0.387 e. The molecule has 0 aromatic heterocycles. The van der Waals surface area contributed by atoms with Crippen molar-refractivity contribution in [2.75, 3.05) is 0 Å². The Morgan fingerprint density at radius 3 is 1.91 bits per heavy atom. The van der Waals surface area contributed by atoms with E-state index in [1.807, 2.05) is 97.1 Å². The van der Waals surface area contributed by atoms with Gasteiger partial charge in [0.15, 0.2) is 17.2 Å². The van der Waals surface area contributed by atoms with Crippen LogP contribution in [-0.4, -0.2) is 5.34 Å². The zero-order valence-electron chi connectivity index (χ0n) is 18.8. The Hall–Kier alpha value is -4.58. The predicted octanol–water partition coefficient (Wildman–Crippen LogP) is 7.23. The molecule has 0 heterocycles. The van der Waals surface area contributed by atoms with Gasteiger partial charge < -0.3 is 14.5 Å². The van der Waals surface area contributed by atoms with Crippen LogP contribution in [0.3, 0.4) is 0 Å². The van der Waals surface area contributed by atoms with Crippen LogP contribution in [0.2, 0.25) is 0 Å². The number of benzene rings is 6. The molecule has 0 fully saturated rings. The summed E-state index contributed by atoms with van der Waals surface area (Å²) in [5.41, 5.74) is 2.83. The molecule has 35 heavy (non-hydrogen) atoms. The number of hydrogen-bond donors (Lipinski definition) is 1. The summed E-state index contributed by atoms with van der Waals surface area (Å²) in [5.74, 6) is 1.86. The zero-order chi connectivity index (χ0) is 23.5. The Balaban J connectivity index is 1.31. The maximum atomic E-state index is 6.11. The van der Waals surface area contributed by atoms with Gasteiger partial charge in [-0.05, 0) is 63.5 Å². The Labute approximate surface area is 202 Å². The van der Waals surface area contributed by atoms with Crippen LogP contribution < -0.4 is 20.1 Å². The summed E-state index contributed by atoms with van der Waals surface area (Å²) in [6.45, 7) is 0. The monoisotopic (exact) mass is 458 g/mol. The summed E-state index contributed by atoms with van der Waals surface area (Å²) >= 11 is 0. The molecule has 5 heteroatoms. The van der Waals surface area contributed by atoms with Gasteiger partial charge in [-0.1, -0.05) is 91.0 Å². The number of para-hydroxylation sites is 1. The molecule has 6 rings (SSSR count). The second-order valence-electron chi connectivity index (χ2n) is 8.10. The van der Waals surface area contributed by atoms with E-state index >= 15 is 0 Å². The van der Waals surface area contributed by atoms with Gasteiger partial charge in [-0.3, -0.25) is 0 Å². The SMILES string of the molecule is c1ccc(ON(NOc2cccc3cc4ccccc4cc23)Oc2cccc3ccccc23)cc1. The molecule has 0 spiro atoms. The van der Waals surface area contributed by atoms with Crippen molar-refractivity contribution in [2.45, 2.75) is 0 Å². The van der Waals surface area contributed by atoms with E-state index in [-0.39, 0.29) is 0 Å². The summed E-state index contributed by atoms with van der Waals surface area (Å²) in [5, 5.41) is 7.51. The number of nitrogens with zero attached hydrogens (tertiary/aromatic N) is 1. The largest absolute Gasteiger partial charge is 0.387 e. The molecule has 0 unspecified atom stereocenters. The molecule has 0 aliphatic carbocycles. The molecule has 1 N–H and O–H groups in total. The fourth-order valence-electron chi connectivity index (χ4n) is 4.11. The Bertz CT molecular complexity index is 1610. The van der Waals surface area contributed by atoms with E-state index < -0.39 is 0 Å². The minimum absolute atomic E-state index is 0.591. The van der Waals surface area contributed by atoms with Crippen LogP contribution in [0.1, 0.15) is 0 Å². The third kappa shape index (κ3) is 4.46. The molecule has 0 amide bonds. The molecule has 0 atom stereocenters. The van der Waals surface area contributed by atoms with Gasteiger partial charge in [0.05, 0.1) is 0 Å². The van der Waals surface area contributed by atoms with Crippen LogP contribution in [0.15, 0.2) is 127 Å². The average molecular weight is 459 g/mol. The van der Waals surface area contributed by atoms with Gasteiger partial charge in [-0.15, -0.1) is 0 Å². The molecule has 0 saturated carbocycles. The van der Waals surface area contributed by atoms with Crippen molar-refractivity contribution in [3.8, 4) is 17.2 Å². The lowest BCUT2D eigenvalue weighted by Gasteiger charge is -2.22.